The van der Waals surface area contributed by atoms with Gasteiger partial charge in [0.2, 0.25) is 5.89 Å². The highest BCUT2D eigenvalue weighted by molar-refractivity contribution is 5.39. The monoisotopic (exact) mass is 289 g/mol. The van der Waals surface area contributed by atoms with E-state index in [2.05, 4.69) is 20.6 Å². The van der Waals surface area contributed by atoms with Gasteiger partial charge in [0.1, 0.15) is 12.6 Å². The van der Waals surface area contributed by atoms with Crippen LogP contribution in [0.25, 0.3) is 0 Å². The van der Waals surface area contributed by atoms with Crippen LogP contribution in [0.15, 0.2) is 16.9 Å². The number of rotatable bonds is 5. The minimum Gasteiger partial charge on any atom is -0.371 e. The Morgan fingerprint density at radius 1 is 1.45 bits per heavy atom. The van der Waals surface area contributed by atoms with Gasteiger partial charge in [0.25, 0.3) is 0 Å². The Morgan fingerprint density at radius 3 is 2.80 bits per heavy atom. The average molecular weight is 289 g/mol. The maximum Gasteiger partial charge on any atom is 0.408 e. The molecule has 6 nitrogen and oxygen atoms in total. The average Bonchev–Trinajstić information content (AvgIpc) is 2.96. The number of halogens is 3. The second kappa shape index (κ2) is 5.51. The summed E-state index contributed by atoms with van der Waals surface area (Å²) in [5.41, 5.74) is 0.456. The van der Waals surface area contributed by atoms with Crippen LogP contribution in [-0.4, -0.2) is 26.1 Å². The molecule has 2 rings (SSSR count). The minimum absolute atomic E-state index is 0.314. The molecule has 0 saturated heterocycles. The number of nitrogens with one attached hydrogen (secondary N) is 1. The second-order valence-electron chi connectivity index (χ2n) is 4.31. The molecule has 9 heteroatoms. The lowest BCUT2D eigenvalue weighted by molar-refractivity contribution is -0.142. The van der Waals surface area contributed by atoms with Crippen molar-refractivity contribution in [2.24, 2.45) is 0 Å². The standard InChI is InChI=1S/C11H14F3N5O/c1-3-9-17-10(20-18-9)7(2)16-8-4-15-19(5-8)6-11(12,13)14/h4-5,7,16H,3,6H2,1-2H3/t7-/m1/s1. The topological polar surface area (TPSA) is 68.8 Å². The highest BCUT2D eigenvalue weighted by atomic mass is 19.4. The van der Waals surface area contributed by atoms with E-state index in [1.807, 2.05) is 6.92 Å². The Balaban J connectivity index is 1.99. The molecule has 2 aromatic heterocycles. The molecule has 0 amide bonds. The third kappa shape index (κ3) is 3.72. The second-order valence-corrected chi connectivity index (χ2v) is 4.31. The summed E-state index contributed by atoms with van der Waals surface area (Å²) in [5.74, 6) is 0.965. The van der Waals surface area contributed by atoms with Gasteiger partial charge in [-0.2, -0.15) is 23.3 Å². The van der Waals surface area contributed by atoms with Gasteiger partial charge in [-0.1, -0.05) is 12.1 Å². The number of alkyl halides is 3. The first-order chi connectivity index (χ1) is 9.37. The molecule has 1 N–H and O–H groups in total. The molecule has 20 heavy (non-hydrogen) atoms. The smallest absolute Gasteiger partial charge is 0.371 e. The van der Waals surface area contributed by atoms with Crippen molar-refractivity contribution in [3.05, 3.63) is 24.1 Å². The fourth-order valence-electron chi connectivity index (χ4n) is 1.61. The van der Waals surface area contributed by atoms with Crippen molar-refractivity contribution >= 4 is 5.69 Å². The summed E-state index contributed by atoms with van der Waals surface area (Å²) >= 11 is 0. The van der Waals surface area contributed by atoms with Gasteiger partial charge >= 0.3 is 6.18 Å². The Labute approximate surface area is 113 Å². The molecule has 2 heterocycles. The van der Waals surface area contributed by atoms with Gasteiger partial charge in [0, 0.05) is 12.6 Å². The molecular formula is C11H14F3N5O. The molecule has 0 aliphatic carbocycles. The highest BCUT2D eigenvalue weighted by Gasteiger charge is 2.28. The van der Waals surface area contributed by atoms with Crippen LogP contribution in [-0.2, 0) is 13.0 Å². The fourth-order valence-corrected chi connectivity index (χ4v) is 1.61. The molecule has 0 saturated carbocycles. The van der Waals surface area contributed by atoms with Gasteiger partial charge < -0.3 is 9.84 Å². The van der Waals surface area contributed by atoms with Crippen molar-refractivity contribution in [2.75, 3.05) is 5.32 Å². The molecule has 0 radical (unpaired) electrons. The lowest BCUT2D eigenvalue weighted by atomic mass is 10.3. The van der Waals surface area contributed by atoms with Crippen LogP contribution in [0.2, 0.25) is 0 Å². The van der Waals surface area contributed by atoms with Crippen molar-refractivity contribution in [3.8, 4) is 0 Å². The zero-order valence-electron chi connectivity index (χ0n) is 11.0. The highest BCUT2D eigenvalue weighted by Crippen LogP contribution is 2.20. The van der Waals surface area contributed by atoms with E-state index in [9.17, 15) is 13.2 Å². The normalized spacial score (nSPS) is 13.4. The number of nitrogens with zero attached hydrogens (tertiary/aromatic N) is 4. The predicted octanol–water partition coefficient (Wildman–Crippen LogP) is 2.56. The van der Waals surface area contributed by atoms with Gasteiger partial charge in [0.15, 0.2) is 5.82 Å². The summed E-state index contributed by atoms with van der Waals surface area (Å²) in [4.78, 5) is 4.14. The molecule has 1 atom stereocenters. The van der Waals surface area contributed by atoms with Crippen LogP contribution in [0.5, 0.6) is 0 Å². The first-order valence-corrected chi connectivity index (χ1v) is 6.05. The lowest BCUT2D eigenvalue weighted by Crippen LogP contribution is -2.17. The van der Waals surface area contributed by atoms with Gasteiger partial charge in [-0.05, 0) is 6.92 Å². The molecule has 0 unspecified atom stereocenters. The summed E-state index contributed by atoms with van der Waals surface area (Å²) in [6.45, 7) is 2.55. The first kappa shape index (κ1) is 14.4. The van der Waals surface area contributed by atoms with E-state index in [0.29, 0.717) is 23.8 Å². The van der Waals surface area contributed by atoms with E-state index >= 15 is 0 Å². The first-order valence-electron chi connectivity index (χ1n) is 6.05. The van der Waals surface area contributed by atoms with Crippen LogP contribution in [0.1, 0.15) is 31.6 Å². The number of aromatic nitrogens is 4. The van der Waals surface area contributed by atoms with Crippen LogP contribution >= 0.6 is 0 Å². The molecular weight excluding hydrogens is 275 g/mol. The van der Waals surface area contributed by atoms with E-state index in [4.69, 9.17) is 4.52 Å². The Morgan fingerprint density at radius 2 is 2.20 bits per heavy atom. The number of anilines is 1. The molecule has 0 fully saturated rings. The third-order valence-electron chi connectivity index (χ3n) is 2.53. The van der Waals surface area contributed by atoms with Crippen molar-refractivity contribution in [2.45, 2.75) is 39.0 Å². The maximum absolute atomic E-state index is 12.2. The van der Waals surface area contributed by atoms with E-state index in [0.717, 1.165) is 4.68 Å². The van der Waals surface area contributed by atoms with Gasteiger partial charge in [0.05, 0.1) is 11.9 Å². The van der Waals surface area contributed by atoms with E-state index < -0.39 is 12.7 Å². The summed E-state index contributed by atoms with van der Waals surface area (Å²) in [6, 6.07) is -0.314. The zero-order valence-corrected chi connectivity index (χ0v) is 11.0. The van der Waals surface area contributed by atoms with Gasteiger partial charge in [-0.3, -0.25) is 4.68 Å². The minimum atomic E-state index is -4.29. The summed E-state index contributed by atoms with van der Waals surface area (Å²) < 4.78 is 42.5. The van der Waals surface area contributed by atoms with E-state index in [1.165, 1.54) is 12.4 Å². The quantitative estimate of drug-likeness (QED) is 0.916. The van der Waals surface area contributed by atoms with Crippen molar-refractivity contribution in [3.63, 3.8) is 0 Å². The number of hydrogen-bond donors (Lipinski definition) is 1. The molecule has 0 spiro atoms. The van der Waals surface area contributed by atoms with Crippen LogP contribution < -0.4 is 5.32 Å². The Hall–Kier alpha value is -2.06. The molecule has 0 aliphatic rings. The SMILES string of the molecule is CCc1noc([C@@H](C)Nc2cnn(CC(F)(F)F)c2)n1. The largest absolute Gasteiger partial charge is 0.408 e. The lowest BCUT2D eigenvalue weighted by Gasteiger charge is -2.08. The summed E-state index contributed by atoms with van der Waals surface area (Å²) in [7, 11) is 0. The molecule has 0 bridgehead atoms. The number of aryl methyl sites for hydroxylation is 1. The van der Waals surface area contributed by atoms with Gasteiger partial charge in [-0.25, -0.2) is 0 Å². The third-order valence-corrected chi connectivity index (χ3v) is 2.53. The molecule has 0 aromatic carbocycles. The van der Waals surface area contributed by atoms with Crippen LogP contribution in [0.3, 0.4) is 0 Å². The van der Waals surface area contributed by atoms with Crippen LogP contribution in [0, 0.1) is 0 Å². The zero-order chi connectivity index (χ0) is 14.8. The number of hydrogen-bond acceptors (Lipinski definition) is 5. The summed E-state index contributed by atoms with van der Waals surface area (Å²) in [5, 5.41) is 10.3. The predicted molar refractivity (Wildman–Crippen MR) is 64.0 cm³/mol. The van der Waals surface area contributed by atoms with E-state index in [-0.39, 0.29) is 6.04 Å². The molecule has 2 aromatic rings. The van der Waals surface area contributed by atoms with Crippen LogP contribution in [0.4, 0.5) is 18.9 Å². The van der Waals surface area contributed by atoms with E-state index in [1.54, 1.807) is 6.92 Å². The Bertz CT molecular complexity index is 562. The molecule has 0 aliphatic heterocycles. The van der Waals surface area contributed by atoms with Crippen molar-refractivity contribution in [1.29, 1.82) is 0 Å². The maximum atomic E-state index is 12.2. The van der Waals surface area contributed by atoms with Crippen molar-refractivity contribution < 1.29 is 17.7 Å². The van der Waals surface area contributed by atoms with Crippen molar-refractivity contribution in [1.82, 2.24) is 19.9 Å². The summed E-state index contributed by atoms with van der Waals surface area (Å²) in [6.07, 6.45) is -1.04. The van der Waals surface area contributed by atoms with Gasteiger partial charge in [-0.15, -0.1) is 0 Å². The fraction of sp³-hybridized carbons (Fsp3) is 0.545. The molecule has 110 valence electrons. The Kier molecular flexibility index (Phi) is 3.96.